The number of nitrogens with one attached hydrogen (secondary N) is 1. The van der Waals surface area contributed by atoms with Crippen LogP contribution >= 0.6 is 0 Å². The zero-order chi connectivity index (χ0) is 23.7. The molecule has 2 aromatic carbocycles. The molecule has 34 heavy (non-hydrogen) atoms. The molecule has 0 radical (unpaired) electrons. The Morgan fingerprint density at radius 2 is 1.59 bits per heavy atom. The minimum Gasteiger partial charge on any atom is -0.348 e. The van der Waals surface area contributed by atoms with Gasteiger partial charge in [-0.15, -0.1) is 0 Å². The predicted octanol–water partition coefficient (Wildman–Crippen LogP) is 3.56. The minimum absolute atomic E-state index is 0.186. The third-order valence-corrected chi connectivity index (χ3v) is 5.74. The van der Waals surface area contributed by atoms with Gasteiger partial charge in [-0.25, -0.2) is 9.36 Å². The van der Waals surface area contributed by atoms with E-state index >= 15 is 0 Å². The summed E-state index contributed by atoms with van der Waals surface area (Å²) >= 11 is 0. The normalized spacial score (nSPS) is 12.1. The van der Waals surface area contributed by atoms with Crippen molar-refractivity contribution in [1.29, 1.82) is 0 Å². The van der Waals surface area contributed by atoms with Gasteiger partial charge in [-0.2, -0.15) is 10.2 Å². The van der Waals surface area contributed by atoms with E-state index in [0.717, 1.165) is 11.3 Å². The lowest BCUT2D eigenvalue weighted by Gasteiger charge is -2.15. The molecule has 3 heterocycles. The molecular weight excluding hydrogens is 428 g/mol. The zero-order valence-corrected chi connectivity index (χ0v) is 18.9. The molecule has 5 rings (SSSR count). The number of nitrogens with zero attached hydrogens (tertiary/aromatic N) is 5. The molecule has 0 saturated heterocycles. The number of rotatable bonds is 6. The SMILES string of the molecule is Cc1nn(CC(=O)NC(C)c2ccccc2)c(=O)c2c(-n3cccc3)n(-c3ccccc3)nc12. The van der Waals surface area contributed by atoms with E-state index in [2.05, 4.69) is 10.4 Å². The molecule has 1 amide bonds. The van der Waals surface area contributed by atoms with E-state index in [1.165, 1.54) is 4.68 Å². The smallest absolute Gasteiger partial charge is 0.280 e. The molecule has 0 spiro atoms. The molecule has 170 valence electrons. The maximum atomic E-state index is 13.6. The molecule has 0 fully saturated rings. The van der Waals surface area contributed by atoms with Crippen LogP contribution in [0.1, 0.15) is 24.2 Å². The van der Waals surface area contributed by atoms with Crippen LogP contribution in [0, 0.1) is 6.92 Å². The second kappa shape index (κ2) is 8.82. The van der Waals surface area contributed by atoms with Crippen LogP contribution in [-0.4, -0.2) is 30.0 Å². The van der Waals surface area contributed by atoms with Crippen molar-refractivity contribution < 1.29 is 4.79 Å². The molecule has 3 aromatic heterocycles. The van der Waals surface area contributed by atoms with Gasteiger partial charge in [0.05, 0.1) is 17.4 Å². The second-order valence-electron chi connectivity index (χ2n) is 8.13. The quantitative estimate of drug-likeness (QED) is 0.427. The number of fused-ring (bicyclic) bond motifs is 1. The fourth-order valence-electron chi connectivity index (χ4n) is 4.08. The standard InChI is InChI=1S/C26H24N6O2/c1-18(20-11-5-3-6-12-20)27-22(33)17-31-26(34)23-24(19(2)28-31)29-32(21-13-7-4-8-14-21)25(23)30-15-9-10-16-30/h3-16,18H,17H2,1-2H3,(H,27,33). The lowest BCUT2D eigenvalue weighted by molar-refractivity contribution is -0.122. The number of aromatic nitrogens is 5. The van der Waals surface area contributed by atoms with Gasteiger partial charge in [0, 0.05) is 12.4 Å². The Labute approximate surface area is 196 Å². The summed E-state index contributed by atoms with van der Waals surface area (Å²) in [6.07, 6.45) is 3.73. The first kappa shape index (κ1) is 21.4. The number of para-hydroxylation sites is 1. The number of hydrogen-bond donors (Lipinski definition) is 1. The topological polar surface area (TPSA) is 86.7 Å². The summed E-state index contributed by atoms with van der Waals surface area (Å²) < 4.78 is 4.81. The molecule has 8 heteroatoms. The van der Waals surface area contributed by atoms with Crippen LogP contribution in [0.25, 0.3) is 22.4 Å². The first-order chi connectivity index (χ1) is 16.5. The highest BCUT2D eigenvalue weighted by Gasteiger charge is 2.22. The molecule has 0 aliphatic rings. The van der Waals surface area contributed by atoms with Crippen molar-refractivity contribution in [2.24, 2.45) is 0 Å². The fourth-order valence-corrected chi connectivity index (χ4v) is 4.08. The first-order valence-corrected chi connectivity index (χ1v) is 11.1. The Kier molecular flexibility index (Phi) is 5.55. The third kappa shape index (κ3) is 3.90. The Morgan fingerprint density at radius 3 is 2.26 bits per heavy atom. The van der Waals surface area contributed by atoms with Gasteiger partial charge in [-0.1, -0.05) is 48.5 Å². The number of amides is 1. The average Bonchev–Trinajstić information content (AvgIpc) is 3.52. The molecule has 1 N–H and O–H groups in total. The van der Waals surface area contributed by atoms with Crippen LogP contribution in [0.4, 0.5) is 0 Å². The van der Waals surface area contributed by atoms with E-state index in [1.54, 1.807) is 11.6 Å². The third-order valence-electron chi connectivity index (χ3n) is 5.74. The molecular formula is C26H24N6O2. The fraction of sp³-hybridized carbons (Fsp3) is 0.154. The average molecular weight is 453 g/mol. The summed E-state index contributed by atoms with van der Waals surface area (Å²) in [7, 11) is 0. The number of benzene rings is 2. The minimum atomic E-state index is -0.367. The van der Waals surface area contributed by atoms with Crippen LogP contribution in [0.2, 0.25) is 0 Å². The Morgan fingerprint density at radius 1 is 0.941 bits per heavy atom. The van der Waals surface area contributed by atoms with Crippen molar-refractivity contribution in [2.45, 2.75) is 26.4 Å². The van der Waals surface area contributed by atoms with Crippen molar-refractivity contribution in [3.05, 3.63) is 107 Å². The van der Waals surface area contributed by atoms with Crippen LogP contribution in [0.5, 0.6) is 0 Å². The molecule has 0 aliphatic heterocycles. The molecule has 0 aliphatic carbocycles. The Balaban J connectivity index is 1.57. The molecule has 0 bridgehead atoms. The predicted molar refractivity (Wildman–Crippen MR) is 130 cm³/mol. The van der Waals surface area contributed by atoms with Crippen molar-refractivity contribution in [1.82, 2.24) is 29.4 Å². The van der Waals surface area contributed by atoms with Crippen LogP contribution in [-0.2, 0) is 11.3 Å². The summed E-state index contributed by atoms with van der Waals surface area (Å²) in [5, 5.41) is 12.5. The van der Waals surface area contributed by atoms with Gasteiger partial charge >= 0.3 is 0 Å². The number of hydrogen-bond acceptors (Lipinski definition) is 4. The van der Waals surface area contributed by atoms with Crippen molar-refractivity contribution >= 4 is 16.8 Å². The zero-order valence-electron chi connectivity index (χ0n) is 18.9. The van der Waals surface area contributed by atoms with Gasteiger partial charge in [0.25, 0.3) is 5.56 Å². The first-order valence-electron chi connectivity index (χ1n) is 11.1. The maximum absolute atomic E-state index is 13.6. The van der Waals surface area contributed by atoms with Gasteiger partial charge in [-0.05, 0) is 43.7 Å². The molecule has 0 saturated carbocycles. The van der Waals surface area contributed by atoms with E-state index in [0.29, 0.717) is 22.4 Å². The highest BCUT2D eigenvalue weighted by molar-refractivity contribution is 5.88. The molecule has 8 nitrogen and oxygen atoms in total. The van der Waals surface area contributed by atoms with E-state index < -0.39 is 0 Å². The number of carbonyl (C=O) groups excluding carboxylic acids is 1. The lowest BCUT2D eigenvalue weighted by atomic mass is 10.1. The Bertz CT molecular complexity index is 1500. The van der Waals surface area contributed by atoms with Gasteiger partial charge in [0.2, 0.25) is 5.91 Å². The summed E-state index contributed by atoms with van der Waals surface area (Å²) in [6.45, 7) is 3.52. The van der Waals surface area contributed by atoms with Crippen LogP contribution < -0.4 is 10.9 Å². The molecule has 1 atom stereocenters. The lowest BCUT2D eigenvalue weighted by Crippen LogP contribution is -2.35. The van der Waals surface area contributed by atoms with Gasteiger partial charge in [-0.3, -0.25) is 9.59 Å². The summed E-state index contributed by atoms with van der Waals surface area (Å²) in [5.41, 5.74) is 2.52. The van der Waals surface area contributed by atoms with E-state index in [9.17, 15) is 9.59 Å². The molecule has 5 aromatic rings. The van der Waals surface area contributed by atoms with Crippen LogP contribution in [0.3, 0.4) is 0 Å². The van der Waals surface area contributed by atoms with Crippen LogP contribution in [0.15, 0.2) is 90.0 Å². The highest BCUT2D eigenvalue weighted by Crippen LogP contribution is 2.24. The van der Waals surface area contributed by atoms with Crippen molar-refractivity contribution in [3.63, 3.8) is 0 Å². The van der Waals surface area contributed by atoms with Gasteiger partial charge in [0.1, 0.15) is 17.4 Å². The highest BCUT2D eigenvalue weighted by atomic mass is 16.2. The summed E-state index contributed by atoms with van der Waals surface area (Å²) in [5.74, 6) is 0.316. The molecule has 1 unspecified atom stereocenters. The number of aryl methyl sites for hydroxylation is 1. The van der Waals surface area contributed by atoms with Gasteiger partial charge < -0.3 is 9.88 Å². The second-order valence-corrected chi connectivity index (χ2v) is 8.13. The van der Waals surface area contributed by atoms with Crippen molar-refractivity contribution in [2.75, 3.05) is 0 Å². The monoisotopic (exact) mass is 452 g/mol. The number of carbonyl (C=O) groups is 1. The summed E-state index contributed by atoms with van der Waals surface area (Å²) in [6, 6.07) is 22.9. The Hall–Kier alpha value is -4.46. The van der Waals surface area contributed by atoms with E-state index in [1.807, 2.05) is 96.7 Å². The van der Waals surface area contributed by atoms with Crippen molar-refractivity contribution in [3.8, 4) is 11.5 Å². The maximum Gasteiger partial charge on any atom is 0.280 e. The van der Waals surface area contributed by atoms with E-state index in [-0.39, 0.29) is 24.1 Å². The summed E-state index contributed by atoms with van der Waals surface area (Å²) in [4.78, 5) is 26.4. The largest absolute Gasteiger partial charge is 0.348 e. The van der Waals surface area contributed by atoms with E-state index in [4.69, 9.17) is 5.10 Å². The van der Waals surface area contributed by atoms with Gasteiger partial charge in [0.15, 0.2) is 5.82 Å².